The van der Waals surface area contributed by atoms with Gasteiger partial charge in [-0.1, -0.05) is 127 Å². The van der Waals surface area contributed by atoms with E-state index in [1.165, 1.54) is 12.1 Å². The maximum atomic E-state index is 15.5. The molecule has 15 heteroatoms. The summed E-state index contributed by atoms with van der Waals surface area (Å²) in [6.45, 7) is 0. The summed E-state index contributed by atoms with van der Waals surface area (Å²) in [6.07, 6.45) is -9.49. The lowest BCUT2D eigenvalue weighted by atomic mass is 10.00. The maximum absolute atomic E-state index is 15.5. The van der Waals surface area contributed by atoms with E-state index in [9.17, 15) is 34.2 Å². The van der Waals surface area contributed by atoms with Gasteiger partial charge in [0.15, 0.2) is 17.5 Å². The Kier molecular flexibility index (Phi) is 13.4. The SMILES string of the molecule is N#Cc1cccc(-c2ccc3c4ccc(-c5cccc(C(F)(F)F)c5)cc4n(-c4ccc(C#N)cc4-c4nc(-c5ccccc5)nc(-c5cc(C(F)(F)F)ccc5-n5c6cc(-c7cccc(C#N)c7)ccc6c6ccc(-c7cccc(C#N)c7)cc65)n4)c3c2)c1. The highest BCUT2D eigenvalue weighted by Gasteiger charge is 2.34. The largest absolute Gasteiger partial charge is 0.416 e. The van der Waals surface area contributed by atoms with Crippen LogP contribution in [0.1, 0.15) is 33.4 Å². The molecule has 90 heavy (non-hydrogen) atoms. The van der Waals surface area contributed by atoms with Crippen LogP contribution in [0.2, 0.25) is 0 Å². The van der Waals surface area contributed by atoms with E-state index in [0.29, 0.717) is 77.6 Å². The van der Waals surface area contributed by atoms with E-state index in [1.807, 2.05) is 88.0 Å². The number of benzene rings is 11. The van der Waals surface area contributed by atoms with Crippen LogP contribution in [0.25, 0.3) is 134 Å². The molecule has 0 saturated heterocycles. The van der Waals surface area contributed by atoms with Crippen LogP contribution in [0, 0.1) is 45.3 Å². The Morgan fingerprint density at radius 1 is 0.278 bits per heavy atom. The number of aromatic nitrogens is 5. The van der Waals surface area contributed by atoms with Crippen molar-refractivity contribution in [3.63, 3.8) is 0 Å². The molecule has 14 rings (SSSR count). The highest BCUT2D eigenvalue weighted by atomic mass is 19.4. The number of nitriles is 4. The third-order valence-electron chi connectivity index (χ3n) is 16.1. The lowest BCUT2D eigenvalue weighted by Crippen LogP contribution is -2.09. The Morgan fingerprint density at radius 2 is 0.611 bits per heavy atom. The molecule has 0 saturated carbocycles. The highest BCUT2D eigenvalue weighted by molar-refractivity contribution is 6.13. The van der Waals surface area contributed by atoms with Gasteiger partial charge < -0.3 is 9.13 Å². The first-order chi connectivity index (χ1) is 43.6. The Balaban J connectivity index is 1.07. The minimum atomic E-state index is -4.86. The number of fused-ring (bicyclic) bond motifs is 6. The average Bonchev–Trinajstić information content (AvgIpc) is 1.62. The third-order valence-corrected chi connectivity index (χ3v) is 16.1. The molecule has 0 aliphatic heterocycles. The van der Waals surface area contributed by atoms with Gasteiger partial charge in [-0.3, -0.25) is 0 Å². The number of rotatable bonds is 9. The van der Waals surface area contributed by atoms with Crippen molar-refractivity contribution < 1.29 is 26.3 Å². The molecule has 0 amide bonds. The van der Waals surface area contributed by atoms with Gasteiger partial charge in [0.05, 0.1) is 91.1 Å². The van der Waals surface area contributed by atoms with Crippen molar-refractivity contribution in [3.05, 3.63) is 270 Å². The zero-order valence-corrected chi connectivity index (χ0v) is 46.8. The van der Waals surface area contributed by atoms with E-state index in [1.54, 1.807) is 121 Å². The van der Waals surface area contributed by atoms with Crippen LogP contribution in [-0.4, -0.2) is 24.1 Å². The molecule has 3 aromatic heterocycles. The first-order valence-electron chi connectivity index (χ1n) is 28.1. The van der Waals surface area contributed by atoms with E-state index < -0.39 is 23.5 Å². The standard InChI is InChI=1S/C75H39F6N9/c76-74(77,78)57-17-7-16-52(34-57)56-22-27-62-59-24-19-53(49-13-4-8-44(30-49)40-82)35-67(59)89(70(62)38-56)65-28-18-47(43-85)33-63(65)72-86-71(48-11-2-1-3-12-48)87-73(88-72)64-39-58(75(79,80)81)23-29-66(64)90-68-36-54(50-14-5-9-45(31-50)41-83)20-25-60(68)61-26-21-55(37-69(61)90)51-15-6-10-46(32-51)42-84/h1-39H. The van der Waals surface area contributed by atoms with Gasteiger partial charge in [0, 0.05) is 38.2 Å². The molecular formula is C75H39F6N9. The summed E-state index contributed by atoms with van der Waals surface area (Å²) in [5, 5.41) is 43.4. The Morgan fingerprint density at radius 3 is 1.02 bits per heavy atom. The van der Waals surface area contributed by atoms with Gasteiger partial charge in [-0.15, -0.1) is 0 Å². The minimum Gasteiger partial charge on any atom is -0.308 e. The maximum Gasteiger partial charge on any atom is 0.416 e. The van der Waals surface area contributed by atoms with Crippen molar-refractivity contribution in [1.29, 1.82) is 21.0 Å². The van der Waals surface area contributed by atoms with E-state index in [4.69, 9.17) is 15.0 Å². The molecule has 9 nitrogen and oxygen atoms in total. The molecule has 0 N–H and O–H groups in total. The number of nitrogens with zero attached hydrogens (tertiary/aromatic N) is 9. The third kappa shape index (κ3) is 9.94. The summed E-state index contributed by atoms with van der Waals surface area (Å²) in [6, 6.07) is 75.0. The quantitative estimate of drug-likeness (QED) is 0.131. The van der Waals surface area contributed by atoms with E-state index in [2.05, 4.69) is 24.3 Å². The van der Waals surface area contributed by atoms with Crippen LogP contribution < -0.4 is 0 Å². The van der Waals surface area contributed by atoms with Crippen LogP contribution in [-0.2, 0) is 12.4 Å². The molecule has 0 aliphatic rings. The second kappa shape index (κ2) is 21.8. The molecule has 0 spiro atoms. The van der Waals surface area contributed by atoms with Gasteiger partial charge in [-0.25, -0.2) is 15.0 Å². The van der Waals surface area contributed by atoms with Gasteiger partial charge >= 0.3 is 12.4 Å². The van der Waals surface area contributed by atoms with Gasteiger partial charge in [0.2, 0.25) is 0 Å². The summed E-state index contributed by atoms with van der Waals surface area (Å²) in [4.78, 5) is 15.3. The van der Waals surface area contributed by atoms with E-state index in [0.717, 1.165) is 62.7 Å². The fourth-order valence-electron chi connectivity index (χ4n) is 11.9. The first-order valence-corrected chi connectivity index (χ1v) is 28.1. The predicted molar refractivity (Wildman–Crippen MR) is 335 cm³/mol. The number of alkyl halides is 6. The summed E-state index contributed by atoms with van der Waals surface area (Å²) in [5.41, 5.74) is 8.31. The van der Waals surface area contributed by atoms with Gasteiger partial charge in [0.1, 0.15) is 0 Å². The Labute approximate surface area is 509 Å². The molecular weight excluding hydrogens is 1140 g/mol. The van der Waals surface area contributed by atoms with Crippen molar-refractivity contribution in [2.45, 2.75) is 12.4 Å². The van der Waals surface area contributed by atoms with Crippen LogP contribution in [0.3, 0.4) is 0 Å². The van der Waals surface area contributed by atoms with Crippen molar-refractivity contribution in [2.75, 3.05) is 0 Å². The molecule has 0 unspecified atom stereocenters. The van der Waals surface area contributed by atoms with Crippen molar-refractivity contribution in [3.8, 4) is 114 Å². The summed E-state index contributed by atoms with van der Waals surface area (Å²) >= 11 is 0. The Bertz CT molecular complexity index is 5360. The molecule has 426 valence electrons. The minimum absolute atomic E-state index is 0.0437. The molecule has 0 bridgehead atoms. The van der Waals surface area contributed by atoms with Gasteiger partial charge in [-0.05, 0) is 154 Å². The highest BCUT2D eigenvalue weighted by Crippen LogP contribution is 2.45. The second-order valence-electron chi connectivity index (χ2n) is 21.5. The monoisotopic (exact) mass is 1180 g/mol. The van der Waals surface area contributed by atoms with Crippen LogP contribution in [0.5, 0.6) is 0 Å². The van der Waals surface area contributed by atoms with Crippen molar-refractivity contribution >= 4 is 43.6 Å². The second-order valence-corrected chi connectivity index (χ2v) is 21.5. The van der Waals surface area contributed by atoms with E-state index in [-0.39, 0.29) is 39.9 Å². The normalized spacial score (nSPS) is 11.6. The fraction of sp³-hybridized carbons (Fsp3) is 0.0267. The lowest BCUT2D eigenvalue weighted by molar-refractivity contribution is -0.138. The van der Waals surface area contributed by atoms with E-state index >= 15 is 13.2 Å². The summed E-state index contributed by atoms with van der Waals surface area (Å²) in [7, 11) is 0. The topological polar surface area (TPSA) is 144 Å². The molecule has 14 aromatic rings. The number of halogens is 6. The van der Waals surface area contributed by atoms with Crippen LogP contribution in [0.15, 0.2) is 237 Å². The van der Waals surface area contributed by atoms with Crippen LogP contribution in [0.4, 0.5) is 26.3 Å². The summed E-state index contributed by atoms with van der Waals surface area (Å²) in [5.74, 6) is -0.145. The number of hydrogen-bond donors (Lipinski definition) is 0. The average molecular weight is 1180 g/mol. The molecule has 0 aliphatic carbocycles. The van der Waals surface area contributed by atoms with Gasteiger partial charge in [-0.2, -0.15) is 47.4 Å². The zero-order chi connectivity index (χ0) is 62.0. The fourth-order valence-corrected chi connectivity index (χ4v) is 11.9. The van der Waals surface area contributed by atoms with Crippen molar-refractivity contribution in [1.82, 2.24) is 24.1 Å². The molecule has 0 atom stereocenters. The Hall–Kier alpha value is -12.4. The van der Waals surface area contributed by atoms with Crippen molar-refractivity contribution in [2.24, 2.45) is 0 Å². The summed E-state index contributed by atoms with van der Waals surface area (Å²) < 4.78 is 93.1. The predicted octanol–water partition coefficient (Wildman–Crippen LogP) is 19.3. The zero-order valence-electron chi connectivity index (χ0n) is 46.8. The lowest BCUT2D eigenvalue weighted by Gasteiger charge is -2.18. The smallest absolute Gasteiger partial charge is 0.308 e. The van der Waals surface area contributed by atoms with Gasteiger partial charge in [0.25, 0.3) is 0 Å². The molecule has 0 fully saturated rings. The van der Waals surface area contributed by atoms with Crippen LogP contribution >= 0.6 is 0 Å². The molecule has 0 radical (unpaired) electrons. The molecule has 3 heterocycles. The molecule has 11 aromatic carbocycles. The number of hydrogen-bond acceptors (Lipinski definition) is 7. The first kappa shape index (κ1) is 55.4.